The monoisotopic (exact) mass is 190 g/mol. The SMILES string of the molecule is c1cncc(NCc2ccsc2)c1. The van der Waals surface area contributed by atoms with Crippen molar-refractivity contribution in [3.8, 4) is 0 Å². The molecule has 0 spiro atoms. The topological polar surface area (TPSA) is 24.9 Å². The zero-order chi connectivity index (χ0) is 8.93. The molecule has 0 unspecified atom stereocenters. The van der Waals surface area contributed by atoms with E-state index in [-0.39, 0.29) is 0 Å². The minimum absolute atomic E-state index is 0.870. The van der Waals surface area contributed by atoms with Gasteiger partial charge in [0.05, 0.1) is 5.69 Å². The van der Waals surface area contributed by atoms with Crippen LogP contribution >= 0.6 is 11.3 Å². The van der Waals surface area contributed by atoms with Gasteiger partial charge in [0.15, 0.2) is 0 Å². The molecular weight excluding hydrogens is 180 g/mol. The Morgan fingerprint density at radius 3 is 3.08 bits per heavy atom. The molecule has 0 saturated heterocycles. The maximum Gasteiger partial charge on any atom is 0.0529 e. The van der Waals surface area contributed by atoms with Gasteiger partial charge in [0.2, 0.25) is 0 Å². The first-order valence-corrected chi connectivity index (χ1v) is 5.04. The zero-order valence-electron chi connectivity index (χ0n) is 7.10. The van der Waals surface area contributed by atoms with E-state index in [1.807, 2.05) is 18.3 Å². The summed E-state index contributed by atoms with van der Waals surface area (Å²) < 4.78 is 0. The minimum Gasteiger partial charge on any atom is -0.380 e. The Balaban J connectivity index is 1.94. The van der Waals surface area contributed by atoms with Crippen LogP contribution in [0.2, 0.25) is 0 Å². The number of nitrogens with zero attached hydrogens (tertiary/aromatic N) is 1. The Morgan fingerprint density at radius 2 is 2.38 bits per heavy atom. The smallest absolute Gasteiger partial charge is 0.0529 e. The summed E-state index contributed by atoms with van der Waals surface area (Å²) in [5.41, 5.74) is 2.38. The molecule has 0 aliphatic carbocycles. The normalized spacial score (nSPS) is 9.85. The lowest BCUT2D eigenvalue weighted by Crippen LogP contribution is -1.97. The van der Waals surface area contributed by atoms with E-state index in [9.17, 15) is 0 Å². The van der Waals surface area contributed by atoms with E-state index < -0.39 is 0 Å². The maximum absolute atomic E-state index is 4.02. The van der Waals surface area contributed by atoms with Crippen molar-refractivity contribution in [2.75, 3.05) is 5.32 Å². The molecule has 1 N–H and O–H groups in total. The Hall–Kier alpha value is -1.35. The molecule has 2 heterocycles. The molecule has 66 valence electrons. The molecule has 0 amide bonds. The summed E-state index contributed by atoms with van der Waals surface area (Å²) in [5, 5.41) is 7.52. The third-order valence-electron chi connectivity index (χ3n) is 1.74. The van der Waals surface area contributed by atoms with E-state index >= 15 is 0 Å². The van der Waals surface area contributed by atoms with Crippen LogP contribution < -0.4 is 5.32 Å². The molecule has 2 aromatic heterocycles. The lowest BCUT2D eigenvalue weighted by atomic mass is 10.3. The summed E-state index contributed by atoms with van der Waals surface area (Å²) in [5.74, 6) is 0. The van der Waals surface area contributed by atoms with Crippen molar-refractivity contribution < 1.29 is 0 Å². The molecule has 0 aromatic carbocycles. The number of nitrogens with one attached hydrogen (secondary N) is 1. The summed E-state index contributed by atoms with van der Waals surface area (Å²) >= 11 is 1.72. The summed E-state index contributed by atoms with van der Waals surface area (Å²) in [6.07, 6.45) is 3.60. The van der Waals surface area contributed by atoms with Crippen LogP contribution in [0.3, 0.4) is 0 Å². The lowest BCUT2D eigenvalue weighted by molar-refractivity contribution is 1.15. The molecule has 0 saturated carbocycles. The van der Waals surface area contributed by atoms with Crippen molar-refractivity contribution in [3.05, 3.63) is 46.9 Å². The van der Waals surface area contributed by atoms with Crippen molar-refractivity contribution in [1.29, 1.82) is 0 Å². The third kappa shape index (κ3) is 2.29. The predicted octanol–water partition coefficient (Wildman–Crippen LogP) is 2.76. The molecule has 0 bridgehead atoms. The molecule has 0 aliphatic heterocycles. The molecule has 0 atom stereocenters. The molecule has 2 aromatic rings. The Bertz CT molecular complexity index is 342. The van der Waals surface area contributed by atoms with E-state index in [2.05, 4.69) is 27.1 Å². The van der Waals surface area contributed by atoms with Crippen molar-refractivity contribution in [2.45, 2.75) is 6.54 Å². The first-order valence-electron chi connectivity index (χ1n) is 4.10. The highest BCUT2D eigenvalue weighted by Gasteiger charge is 1.92. The summed E-state index contributed by atoms with van der Waals surface area (Å²) in [6.45, 7) is 0.870. The average molecular weight is 190 g/mol. The van der Waals surface area contributed by atoms with Crippen LogP contribution in [0.4, 0.5) is 5.69 Å². The second-order valence-electron chi connectivity index (χ2n) is 2.73. The number of hydrogen-bond donors (Lipinski definition) is 1. The highest BCUT2D eigenvalue weighted by Crippen LogP contribution is 2.09. The fourth-order valence-corrected chi connectivity index (χ4v) is 1.73. The lowest BCUT2D eigenvalue weighted by Gasteiger charge is -2.02. The van der Waals surface area contributed by atoms with Gasteiger partial charge in [-0.05, 0) is 34.5 Å². The Morgan fingerprint density at radius 1 is 1.38 bits per heavy atom. The van der Waals surface area contributed by atoms with E-state index in [4.69, 9.17) is 0 Å². The fourth-order valence-electron chi connectivity index (χ4n) is 1.06. The van der Waals surface area contributed by atoms with E-state index in [0.717, 1.165) is 12.2 Å². The standard InChI is InChI=1S/C10H10N2S/c1-2-10(7-11-4-1)12-6-9-3-5-13-8-9/h1-5,7-8,12H,6H2. The highest BCUT2D eigenvalue weighted by atomic mass is 32.1. The molecule has 2 nitrogen and oxygen atoms in total. The van der Waals surface area contributed by atoms with Crippen molar-refractivity contribution in [2.24, 2.45) is 0 Å². The van der Waals surface area contributed by atoms with Gasteiger partial charge in [-0.1, -0.05) is 0 Å². The van der Waals surface area contributed by atoms with Crippen LogP contribution in [0, 0.1) is 0 Å². The minimum atomic E-state index is 0.870. The van der Waals surface area contributed by atoms with E-state index in [1.165, 1.54) is 5.56 Å². The molecule has 13 heavy (non-hydrogen) atoms. The van der Waals surface area contributed by atoms with Gasteiger partial charge >= 0.3 is 0 Å². The van der Waals surface area contributed by atoms with Gasteiger partial charge in [0, 0.05) is 18.9 Å². The number of rotatable bonds is 3. The maximum atomic E-state index is 4.02. The van der Waals surface area contributed by atoms with Gasteiger partial charge in [-0.15, -0.1) is 0 Å². The predicted molar refractivity (Wildman–Crippen MR) is 55.9 cm³/mol. The first-order chi connectivity index (χ1) is 6.45. The summed E-state index contributed by atoms with van der Waals surface area (Å²) in [7, 11) is 0. The molecular formula is C10H10N2S. The van der Waals surface area contributed by atoms with E-state index in [0.29, 0.717) is 0 Å². The quantitative estimate of drug-likeness (QED) is 0.805. The molecule has 3 heteroatoms. The molecule has 0 radical (unpaired) electrons. The van der Waals surface area contributed by atoms with E-state index in [1.54, 1.807) is 17.5 Å². The van der Waals surface area contributed by atoms with Crippen LogP contribution in [0.15, 0.2) is 41.4 Å². The zero-order valence-corrected chi connectivity index (χ0v) is 7.92. The van der Waals surface area contributed by atoms with Gasteiger partial charge in [-0.2, -0.15) is 11.3 Å². The number of aromatic nitrogens is 1. The summed E-state index contributed by atoms with van der Waals surface area (Å²) in [4.78, 5) is 4.02. The highest BCUT2D eigenvalue weighted by molar-refractivity contribution is 7.07. The first kappa shape index (κ1) is 8.26. The molecule has 0 aliphatic rings. The van der Waals surface area contributed by atoms with Crippen LogP contribution in [0.1, 0.15) is 5.56 Å². The third-order valence-corrected chi connectivity index (χ3v) is 2.47. The average Bonchev–Trinajstić information content (AvgIpc) is 2.69. The Kier molecular flexibility index (Phi) is 2.57. The second-order valence-corrected chi connectivity index (χ2v) is 3.51. The van der Waals surface area contributed by atoms with Crippen LogP contribution in [0.5, 0.6) is 0 Å². The summed E-state index contributed by atoms with van der Waals surface area (Å²) in [6, 6.07) is 6.06. The van der Waals surface area contributed by atoms with Crippen molar-refractivity contribution >= 4 is 17.0 Å². The van der Waals surface area contributed by atoms with Crippen LogP contribution in [0.25, 0.3) is 0 Å². The van der Waals surface area contributed by atoms with Gasteiger partial charge in [-0.25, -0.2) is 0 Å². The molecule has 0 fully saturated rings. The van der Waals surface area contributed by atoms with Crippen molar-refractivity contribution in [1.82, 2.24) is 4.98 Å². The van der Waals surface area contributed by atoms with Gasteiger partial charge in [0.1, 0.15) is 0 Å². The largest absolute Gasteiger partial charge is 0.380 e. The number of thiophene rings is 1. The second kappa shape index (κ2) is 4.05. The number of hydrogen-bond acceptors (Lipinski definition) is 3. The fraction of sp³-hybridized carbons (Fsp3) is 0.100. The van der Waals surface area contributed by atoms with Gasteiger partial charge in [-0.3, -0.25) is 4.98 Å². The van der Waals surface area contributed by atoms with Crippen LogP contribution in [-0.4, -0.2) is 4.98 Å². The molecule has 2 rings (SSSR count). The van der Waals surface area contributed by atoms with Crippen LogP contribution in [-0.2, 0) is 6.54 Å². The van der Waals surface area contributed by atoms with Gasteiger partial charge in [0.25, 0.3) is 0 Å². The van der Waals surface area contributed by atoms with Crippen molar-refractivity contribution in [3.63, 3.8) is 0 Å². The number of anilines is 1. The Labute approximate surface area is 81.3 Å². The van der Waals surface area contributed by atoms with Gasteiger partial charge < -0.3 is 5.32 Å². The number of pyridine rings is 1.